The van der Waals surface area contributed by atoms with Gasteiger partial charge >= 0.3 is 0 Å². The largest absolute Gasteiger partial charge is 0.382 e. The molecule has 0 bridgehead atoms. The second-order valence-corrected chi connectivity index (χ2v) is 8.20. The van der Waals surface area contributed by atoms with Gasteiger partial charge in [0.05, 0.1) is 26.9 Å². The Labute approximate surface area is 144 Å². The highest BCUT2D eigenvalue weighted by Gasteiger charge is 2.29. The summed E-state index contributed by atoms with van der Waals surface area (Å²) in [5.41, 5.74) is 0.243. The lowest BCUT2D eigenvalue weighted by atomic mass is 10.0. The van der Waals surface area contributed by atoms with Gasteiger partial charge in [-0.05, 0) is 18.8 Å². The summed E-state index contributed by atoms with van der Waals surface area (Å²) >= 11 is 12.1. The molecule has 0 amide bonds. The first-order chi connectivity index (χ1) is 10.7. The Kier molecular flexibility index (Phi) is 5.72. The molecule has 10 heteroatoms. The Bertz CT molecular complexity index is 688. The molecule has 2 atom stereocenters. The average molecular weight is 382 g/mol. The average Bonchev–Trinajstić information content (AvgIpc) is 2.82. The zero-order valence-corrected chi connectivity index (χ0v) is 14.7. The lowest BCUT2D eigenvalue weighted by Gasteiger charge is -2.21. The minimum atomic E-state index is -3.26. The second kappa shape index (κ2) is 7.21. The minimum Gasteiger partial charge on any atom is -0.382 e. The predicted molar refractivity (Wildman–Crippen MR) is 90.7 cm³/mol. The van der Waals surface area contributed by atoms with E-state index in [1.165, 1.54) is 12.1 Å². The number of rotatable bonds is 6. The maximum Gasteiger partial charge on any atom is 0.272 e. The molecular weight excluding hydrogens is 365 g/mol. The number of nitro groups is 1. The normalized spacial score (nSPS) is 21.3. The second-order valence-electron chi connectivity index (χ2n) is 5.61. The van der Waals surface area contributed by atoms with Crippen molar-refractivity contribution in [3.05, 3.63) is 32.3 Å². The SMILES string of the molecule is CS(=O)(=O)NC1CCCC1CNc1c(Cl)cc([N+](=O)[O-])cc1Cl. The van der Waals surface area contributed by atoms with E-state index in [-0.39, 0.29) is 27.7 Å². The number of hydrogen-bond acceptors (Lipinski definition) is 5. The van der Waals surface area contributed by atoms with Crippen molar-refractivity contribution < 1.29 is 13.3 Å². The minimum absolute atomic E-state index is 0.104. The van der Waals surface area contributed by atoms with Crippen molar-refractivity contribution in [1.82, 2.24) is 4.72 Å². The molecule has 1 fully saturated rings. The van der Waals surface area contributed by atoms with Crippen LogP contribution in [0.5, 0.6) is 0 Å². The smallest absolute Gasteiger partial charge is 0.272 e. The van der Waals surface area contributed by atoms with Crippen LogP contribution in [0.2, 0.25) is 10.0 Å². The van der Waals surface area contributed by atoms with Gasteiger partial charge in [-0.1, -0.05) is 29.6 Å². The van der Waals surface area contributed by atoms with Gasteiger partial charge in [0.1, 0.15) is 0 Å². The third-order valence-corrected chi connectivity index (χ3v) is 5.13. The molecule has 7 nitrogen and oxygen atoms in total. The summed E-state index contributed by atoms with van der Waals surface area (Å²) < 4.78 is 25.4. The molecule has 23 heavy (non-hydrogen) atoms. The van der Waals surface area contributed by atoms with E-state index in [1.54, 1.807) is 0 Å². The van der Waals surface area contributed by atoms with Gasteiger partial charge in [-0.25, -0.2) is 13.1 Å². The van der Waals surface area contributed by atoms with E-state index in [4.69, 9.17) is 23.2 Å². The molecule has 0 saturated heterocycles. The van der Waals surface area contributed by atoms with Crippen molar-refractivity contribution in [2.75, 3.05) is 18.1 Å². The molecule has 0 aromatic heterocycles. The molecule has 2 rings (SSSR count). The molecule has 1 saturated carbocycles. The maximum absolute atomic E-state index is 11.4. The maximum atomic E-state index is 11.4. The van der Waals surface area contributed by atoms with E-state index in [1.807, 2.05) is 0 Å². The molecule has 2 unspecified atom stereocenters. The van der Waals surface area contributed by atoms with Crippen molar-refractivity contribution in [2.24, 2.45) is 5.92 Å². The highest BCUT2D eigenvalue weighted by atomic mass is 35.5. The van der Waals surface area contributed by atoms with E-state index >= 15 is 0 Å². The van der Waals surface area contributed by atoms with Crippen molar-refractivity contribution in [3.63, 3.8) is 0 Å². The number of sulfonamides is 1. The molecule has 1 aliphatic carbocycles. The van der Waals surface area contributed by atoms with Crippen LogP contribution in [0.15, 0.2) is 12.1 Å². The summed E-state index contributed by atoms with van der Waals surface area (Å²) in [6, 6.07) is 2.33. The fourth-order valence-electron chi connectivity index (χ4n) is 2.78. The van der Waals surface area contributed by atoms with Crippen molar-refractivity contribution >= 4 is 44.6 Å². The van der Waals surface area contributed by atoms with E-state index in [0.29, 0.717) is 12.2 Å². The van der Waals surface area contributed by atoms with Crippen LogP contribution >= 0.6 is 23.2 Å². The van der Waals surface area contributed by atoms with Gasteiger partial charge < -0.3 is 5.32 Å². The molecule has 1 aliphatic rings. The highest BCUT2D eigenvalue weighted by Crippen LogP contribution is 2.35. The first-order valence-corrected chi connectivity index (χ1v) is 9.66. The number of nitrogens with one attached hydrogen (secondary N) is 2. The summed E-state index contributed by atoms with van der Waals surface area (Å²) in [4.78, 5) is 10.2. The number of halogens is 2. The van der Waals surface area contributed by atoms with Gasteiger partial charge in [-0.15, -0.1) is 0 Å². The molecule has 0 spiro atoms. The molecule has 128 valence electrons. The molecule has 2 N–H and O–H groups in total. The monoisotopic (exact) mass is 381 g/mol. The summed E-state index contributed by atoms with van der Waals surface area (Å²) in [6.07, 6.45) is 3.73. The number of nitro benzene ring substituents is 1. The first-order valence-electron chi connectivity index (χ1n) is 7.02. The van der Waals surface area contributed by atoms with Gasteiger partial charge in [0, 0.05) is 24.7 Å². The number of nitrogens with zero attached hydrogens (tertiary/aromatic N) is 1. The van der Waals surface area contributed by atoms with Gasteiger partial charge in [0.2, 0.25) is 10.0 Å². The van der Waals surface area contributed by atoms with Crippen molar-refractivity contribution in [1.29, 1.82) is 0 Å². The lowest BCUT2D eigenvalue weighted by molar-refractivity contribution is -0.384. The molecule has 0 heterocycles. The molecular formula is C13H17Cl2N3O4S. The fraction of sp³-hybridized carbons (Fsp3) is 0.538. The topological polar surface area (TPSA) is 101 Å². The van der Waals surface area contributed by atoms with Crippen LogP contribution < -0.4 is 10.0 Å². The van der Waals surface area contributed by atoms with Crippen molar-refractivity contribution in [3.8, 4) is 0 Å². The van der Waals surface area contributed by atoms with Crippen LogP contribution in [0.1, 0.15) is 19.3 Å². The van der Waals surface area contributed by atoms with Crippen LogP contribution in [0, 0.1) is 16.0 Å². The van der Waals surface area contributed by atoms with Crippen molar-refractivity contribution in [2.45, 2.75) is 25.3 Å². The van der Waals surface area contributed by atoms with Crippen LogP contribution in [0.4, 0.5) is 11.4 Å². The Morgan fingerprint density at radius 1 is 1.30 bits per heavy atom. The highest BCUT2D eigenvalue weighted by molar-refractivity contribution is 7.88. The summed E-state index contributed by atoms with van der Waals surface area (Å²) in [6.45, 7) is 0.477. The quantitative estimate of drug-likeness (QED) is 0.582. The van der Waals surface area contributed by atoms with E-state index in [9.17, 15) is 18.5 Å². The fourth-order valence-corrected chi connectivity index (χ4v) is 4.25. The standard InChI is InChI=1S/C13H17Cl2N3O4S/c1-23(21,22)17-12-4-2-3-8(12)7-16-13-10(14)5-9(18(19)20)6-11(13)15/h5-6,8,12,16-17H,2-4,7H2,1H3. The number of anilines is 1. The number of non-ortho nitro benzene ring substituents is 1. The third kappa shape index (κ3) is 4.94. The summed E-state index contributed by atoms with van der Waals surface area (Å²) in [5, 5.41) is 14.2. The zero-order valence-electron chi connectivity index (χ0n) is 12.4. The summed E-state index contributed by atoms with van der Waals surface area (Å²) in [7, 11) is -3.26. The van der Waals surface area contributed by atoms with Gasteiger partial charge in [-0.2, -0.15) is 0 Å². The van der Waals surface area contributed by atoms with Crippen LogP contribution in [0.3, 0.4) is 0 Å². The molecule has 1 aromatic rings. The van der Waals surface area contributed by atoms with Gasteiger partial charge in [-0.3, -0.25) is 10.1 Å². The van der Waals surface area contributed by atoms with Crippen LogP contribution in [0.25, 0.3) is 0 Å². The Morgan fingerprint density at radius 2 is 1.91 bits per heavy atom. The number of benzene rings is 1. The number of hydrogen-bond donors (Lipinski definition) is 2. The summed E-state index contributed by atoms with van der Waals surface area (Å²) in [5.74, 6) is 0.104. The van der Waals surface area contributed by atoms with Crippen LogP contribution in [-0.4, -0.2) is 32.2 Å². The van der Waals surface area contributed by atoms with E-state index in [0.717, 1.165) is 25.5 Å². The molecule has 0 aliphatic heterocycles. The Morgan fingerprint density at radius 3 is 2.43 bits per heavy atom. The van der Waals surface area contributed by atoms with E-state index < -0.39 is 14.9 Å². The Hall–Kier alpha value is -1.09. The van der Waals surface area contributed by atoms with Gasteiger partial charge in [0.15, 0.2) is 0 Å². The third-order valence-electron chi connectivity index (χ3n) is 3.80. The van der Waals surface area contributed by atoms with Gasteiger partial charge in [0.25, 0.3) is 5.69 Å². The molecule has 1 aromatic carbocycles. The lowest BCUT2D eigenvalue weighted by Crippen LogP contribution is -2.39. The Balaban J connectivity index is 2.07. The van der Waals surface area contributed by atoms with Crippen LogP contribution in [-0.2, 0) is 10.0 Å². The predicted octanol–water partition coefficient (Wildman–Crippen LogP) is 3.03. The first kappa shape index (κ1) is 18.3. The molecule has 0 radical (unpaired) electrons. The van der Waals surface area contributed by atoms with E-state index in [2.05, 4.69) is 10.0 Å². The zero-order chi connectivity index (χ0) is 17.2.